The minimum atomic E-state index is -0.512. The van der Waals surface area contributed by atoms with Crippen molar-refractivity contribution >= 4 is 46.4 Å². The predicted molar refractivity (Wildman–Crippen MR) is 251 cm³/mol. The first-order chi connectivity index (χ1) is 31.6. The fourth-order valence-corrected chi connectivity index (χ4v) is 7.32. The number of nitrogens with zero attached hydrogens (tertiary/aromatic N) is 9. The molecule has 2 aromatic carbocycles. The molecule has 0 aliphatic heterocycles. The van der Waals surface area contributed by atoms with Crippen LogP contribution in [0.2, 0.25) is 0 Å². The summed E-state index contributed by atoms with van der Waals surface area (Å²) in [5.41, 5.74) is 1.19. The van der Waals surface area contributed by atoms with Gasteiger partial charge in [0.1, 0.15) is 36.5 Å². The van der Waals surface area contributed by atoms with Crippen LogP contribution in [0.1, 0.15) is 172 Å². The van der Waals surface area contributed by atoms with E-state index in [4.69, 9.17) is 16.0 Å². The van der Waals surface area contributed by atoms with Gasteiger partial charge in [-0.1, -0.05) is 129 Å². The van der Waals surface area contributed by atoms with Crippen molar-refractivity contribution in [3.63, 3.8) is 0 Å². The van der Waals surface area contributed by atoms with Crippen molar-refractivity contribution in [3.05, 3.63) is 64.1 Å². The van der Waals surface area contributed by atoms with E-state index in [0.29, 0.717) is 5.69 Å². The number of carbonyl (C=O) groups excluding carboxylic acids is 3. The lowest BCUT2D eigenvalue weighted by molar-refractivity contribution is -0.143. The summed E-state index contributed by atoms with van der Waals surface area (Å²) in [4.78, 5) is 43.9. The summed E-state index contributed by atoms with van der Waals surface area (Å²) >= 11 is 0. The number of nitriles is 3. The lowest BCUT2D eigenvalue weighted by atomic mass is 10.1. The summed E-state index contributed by atoms with van der Waals surface area (Å²) in [7, 11) is 0. The van der Waals surface area contributed by atoms with Crippen LogP contribution in [0.15, 0.2) is 40.6 Å². The minimum absolute atomic E-state index is 0.00615. The first-order valence-electron chi connectivity index (χ1n) is 23.4. The topological polar surface area (TPSA) is 203 Å². The number of esters is 2. The second-order valence-corrected chi connectivity index (χ2v) is 16.3. The number of aromatic nitrogens is 2. The normalized spacial score (nSPS) is 10.8. The Kier molecular flexibility index (Phi) is 24.8. The highest BCUT2D eigenvalue weighted by molar-refractivity contribution is 5.93. The second-order valence-electron chi connectivity index (χ2n) is 16.3. The quantitative estimate of drug-likeness (QED) is 0.0280. The minimum Gasteiger partial charge on any atom is -0.464 e. The van der Waals surface area contributed by atoms with E-state index < -0.39 is 17.8 Å². The Morgan fingerprint density at radius 1 is 0.723 bits per heavy atom. The summed E-state index contributed by atoms with van der Waals surface area (Å²) in [6.07, 6.45) is 23.0. The van der Waals surface area contributed by atoms with Gasteiger partial charge in [0.25, 0.3) is 0 Å². The van der Waals surface area contributed by atoms with Gasteiger partial charge in [-0.15, -0.1) is 10.2 Å². The van der Waals surface area contributed by atoms with Crippen LogP contribution in [0, 0.1) is 47.5 Å². The zero-order valence-electron chi connectivity index (χ0n) is 38.9. The number of nitrogens with one attached hydrogen (secondary N) is 1. The maximum Gasteiger partial charge on any atom is 0.325 e. The molecule has 3 aromatic rings. The number of unbranched alkanes of at least 4 members (excludes halogenated alkanes) is 18. The Bertz CT molecular complexity index is 2160. The molecule has 0 saturated heterocycles. The molecule has 0 fully saturated rings. The summed E-state index contributed by atoms with van der Waals surface area (Å²) in [5.74, 6) is -1.51. The molecule has 0 spiro atoms. The van der Waals surface area contributed by atoms with Crippen LogP contribution in [0.25, 0.3) is 10.5 Å². The molecule has 0 aliphatic carbocycles. The van der Waals surface area contributed by atoms with Crippen LogP contribution in [-0.4, -0.2) is 53.9 Å². The molecule has 1 N–H and O–H groups in total. The third-order valence-corrected chi connectivity index (χ3v) is 10.9. The molecule has 0 saturated carbocycles. The van der Waals surface area contributed by atoms with Gasteiger partial charge in [-0.2, -0.15) is 20.9 Å². The first-order valence-corrected chi connectivity index (χ1v) is 23.4. The maximum absolute atomic E-state index is 13.2. The van der Waals surface area contributed by atoms with Gasteiger partial charge in [-0.05, 0) is 50.1 Å². The Labute approximate surface area is 385 Å². The molecule has 0 aliphatic rings. The van der Waals surface area contributed by atoms with Gasteiger partial charge in [0.2, 0.25) is 11.6 Å². The van der Waals surface area contributed by atoms with Crippen molar-refractivity contribution in [3.8, 4) is 23.9 Å². The number of anilines is 2. The number of azo groups is 1. The Hall–Kier alpha value is -6.58. The highest BCUT2D eigenvalue weighted by Crippen LogP contribution is 2.35. The zero-order chi connectivity index (χ0) is 47.2. The van der Waals surface area contributed by atoms with E-state index in [-0.39, 0.29) is 77.3 Å². The first kappa shape index (κ1) is 52.8. The van der Waals surface area contributed by atoms with Gasteiger partial charge in [-0.3, -0.25) is 14.4 Å². The highest BCUT2D eigenvalue weighted by atomic mass is 16.5. The number of amides is 1. The average molecular weight is 887 g/mol. The SMILES string of the molecule is [C-]#[N+]c1cc(-n2nc(C)c(C#N)c2N=Nc2ccc(N(CC(=O)OCCCCCCCCCCCC)CC(=O)OCCCCCCCCCCCC)cc2NC(C)=O)c(C#N)cc1C#N. The van der Waals surface area contributed by atoms with Gasteiger partial charge >= 0.3 is 11.9 Å². The van der Waals surface area contributed by atoms with Crippen molar-refractivity contribution in [2.45, 2.75) is 156 Å². The largest absolute Gasteiger partial charge is 0.464 e. The van der Waals surface area contributed by atoms with E-state index in [1.165, 1.54) is 106 Å². The third-order valence-electron chi connectivity index (χ3n) is 10.9. The smallest absolute Gasteiger partial charge is 0.325 e. The fraction of sp³-hybridized carbons (Fsp3) is 0.560. The molecule has 0 bridgehead atoms. The van der Waals surface area contributed by atoms with Crippen molar-refractivity contribution in [1.29, 1.82) is 15.8 Å². The molecule has 0 unspecified atom stereocenters. The van der Waals surface area contributed by atoms with E-state index in [1.807, 2.05) is 12.1 Å². The van der Waals surface area contributed by atoms with E-state index in [1.54, 1.807) is 25.1 Å². The molecule has 1 amide bonds. The zero-order valence-corrected chi connectivity index (χ0v) is 38.9. The van der Waals surface area contributed by atoms with Crippen LogP contribution < -0.4 is 10.2 Å². The van der Waals surface area contributed by atoms with Crippen molar-refractivity contribution < 1.29 is 23.9 Å². The number of hydrogen-bond acceptors (Lipinski definition) is 12. The fourth-order valence-electron chi connectivity index (χ4n) is 7.32. The van der Waals surface area contributed by atoms with Crippen LogP contribution >= 0.6 is 0 Å². The van der Waals surface area contributed by atoms with Crippen molar-refractivity contribution in [1.82, 2.24) is 9.78 Å². The number of ether oxygens (including phenoxy) is 2. The van der Waals surface area contributed by atoms with E-state index >= 15 is 0 Å². The summed E-state index contributed by atoms with van der Waals surface area (Å²) in [6, 6.07) is 13.3. The number of benzene rings is 2. The second kappa shape index (κ2) is 30.5. The molecule has 15 heteroatoms. The van der Waals surface area contributed by atoms with Crippen LogP contribution in [0.3, 0.4) is 0 Å². The molecule has 3 rings (SSSR count). The van der Waals surface area contributed by atoms with E-state index in [2.05, 4.69) is 45.4 Å². The Morgan fingerprint density at radius 2 is 1.23 bits per heavy atom. The van der Waals surface area contributed by atoms with Crippen molar-refractivity contribution in [2.24, 2.45) is 10.2 Å². The number of carbonyl (C=O) groups is 3. The van der Waals surface area contributed by atoms with Crippen molar-refractivity contribution in [2.75, 3.05) is 36.5 Å². The van der Waals surface area contributed by atoms with Crippen LogP contribution in [0.4, 0.5) is 28.6 Å². The molecule has 1 aromatic heterocycles. The summed E-state index contributed by atoms with van der Waals surface area (Å²) in [5, 5.41) is 45.4. The Balaban J connectivity index is 1.81. The molecular weight excluding hydrogens is 821 g/mol. The average Bonchev–Trinajstić information content (AvgIpc) is 3.62. The maximum atomic E-state index is 13.2. The number of aryl methyl sites for hydroxylation is 1. The van der Waals surface area contributed by atoms with Crippen LogP contribution in [-0.2, 0) is 23.9 Å². The molecule has 346 valence electrons. The van der Waals surface area contributed by atoms with Gasteiger partial charge in [0.15, 0.2) is 5.82 Å². The van der Waals surface area contributed by atoms with Gasteiger partial charge < -0.3 is 19.7 Å². The third kappa shape index (κ3) is 18.6. The Morgan fingerprint density at radius 3 is 1.69 bits per heavy atom. The highest BCUT2D eigenvalue weighted by Gasteiger charge is 2.22. The van der Waals surface area contributed by atoms with E-state index in [9.17, 15) is 30.2 Å². The molecular formula is C50H66N10O5. The molecule has 1 heterocycles. The predicted octanol–water partition coefficient (Wildman–Crippen LogP) is 12.5. The monoisotopic (exact) mass is 887 g/mol. The van der Waals surface area contributed by atoms with Crippen LogP contribution in [0.5, 0.6) is 0 Å². The standard InChI is InChI=1S/C50H66N10O5/c1-6-8-10-12-14-16-18-20-22-24-28-64-48(62)36-59(37-49(63)65-29-25-23-21-19-17-15-13-11-9-7-2)42-26-27-44(46(31-42)55-39(4)61)56-57-50-43(35-53)38(3)58-60(50)47-32-45(54-5)40(33-51)30-41(47)34-52/h26-27,30-32H,6-25,28-29,36-37H2,1-4H3,(H,55,61). The van der Waals surface area contributed by atoms with Gasteiger partial charge in [0, 0.05) is 12.6 Å². The van der Waals surface area contributed by atoms with Gasteiger partial charge in [-0.25, -0.2) is 9.53 Å². The molecule has 15 nitrogen and oxygen atoms in total. The number of hydrogen-bond donors (Lipinski definition) is 1. The molecule has 0 radical (unpaired) electrons. The van der Waals surface area contributed by atoms with E-state index in [0.717, 1.165) is 51.4 Å². The molecule has 65 heavy (non-hydrogen) atoms. The summed E-state index contributed by atoms with van der Waals surface area (Å²) < 4.78 is 12.4. The van der Waals surface area contributed by atoms with Gasteiger partial charge in [0.05, 0.1) is 54.1 Å². The number of rotatable bonds is 31. The lowest BCUT2D eigenvalue weighted by Gasteiger charge is -2.24. The lowest BCUT2D eigenvalue weighted by Crippen LogP contribution is -2.36. The summed E-state index contributed by atoms with van der Waals surface area (Å²) in [6.45, 7) is 14.9. The molecule has 0 atom stereocenters.